The van der Waals surface area contributed by atoms with E-state index < -0.39 is 0 Å². The molecule has 0 aromatic heterocycles. The van der Waals surface area contributed by atoms with Crippen molar-refractivity contribution >= 4 is 42.3 Å². The number of halogens is 3. The molecule has 2 saturated heterocycles. The summed E-state index contributed by atoms with van der Waals surface area (Å²) in [6.45, 7) is 6.83. The number of piperazine rings is 1. The third-order valence-corrected chi connectivity index (χ3v) is 5.14. The van der Waals surface area contributed by atoms with Crippen LogP contribution >= 0.6 is 36.4 Å². The van der Waals surface area contributed by atoms with Crippen molar-refractivity contribution in [2.24, 2.45) is 5.92 Å². The second kappa shape index (κ2) is 11.9. The van der Waals surface area contributed by atoms with Gasteiger partial charge in [0.15, 0.2) is 0 Å². The monoisotopic (exact) mass is 423 g/mol. The van der Waals surface area contributed by atoms with Crippen molar-refractivity contribution in [3.8, 4) is 5.75 Å². The summed E-state index contributed by atoms with van der Waals surface area (Å²) in [5.74, 6) is 1.24. The Labute approximate surface area is 173 Å². The average Bonchev–Trinajstić information content (AvgIpc) is 2.64. The number of piperidine rings is 1. The Morgan fingerprint density at radius 2 is 1.92 bits per heavy atom. The number of carbonyl (C=O) groups is 1. The molecule has 148 valence electrons. The van der Waals surface area contributed by atoms with Gasteiger partial charge in [-0.25, -0.2) is 0 Å². The molecule has 0 bridgehead atoms. The van der Waals surface area contributed by atoms with Gasteiger partial charge in [0, 0.05) is 39.3 Å². The molecule has 8 heteroatoms. The zero-order valence-corrected chi connectivity index (χ0v) is 17.3. The number of nitrogens with zero attached hydrogens (tertiary/aromatic N) is 2. The molecule has 3 rings (SSSR count). The molecule has 0 radical (unpaired) electrons. The first kappa shape index (κ1) is 23.3. The topological polar surface area (TPSA) is 44.8 Å². The van der Waals surface area contributed by atoms with Gasteiger partial charge in [-0.2, -0.15) is 0 Å². The van der Waals surface area contributed by atoms with Gasteiger partial charge in [-0.1, -0.05) is 23.7 Å². The van der Waals surface area contributed by atoms with Crippen LogP contribution in [-0.2, 0) is 4.79 Å². The summed E-state index contributed by atoms with van der Waals surface area (Å²) >= 11 is 6.09. The lowest BCUT2D eigenvalue weighted by Gasteiger charge is -2.37. The fraction of sp³-hybridized carbons (Fsp3) is 0.611. The Hall–Kier alpha value is -0.720. The van der Waals surface area contributed by atoms with Gasteiger partial charge in [-0.15, -0.1) is 24.8 Å². The highest BCUT2D eigenvalue weighted by molar-refractivity contribution is 6.32. The van der Waals surface area contributed by atoms with Crippen molar-refractivity contribution in [1.29, 1.82) is 0 Å². The van der Waals surface area contributed by atoms with Crippen LogP contribution in [0.4, 0.5) is 0 Å². The molecule has 0 aliphatic carbocycles. The number of nitrogens with one attached hydrogen (secondary N) is 1. The van der Waals surface area contributed by atoms with Crippen LogP contribution in [0.3, 0.4) is 0 Å². The minimum Gasteiger partial charge on any atom is -0.491 e. The first-order valence-corrected chi connectivity index (χ1v) is 9.21. The molecule has 2 aliphatic heterocycles. The van der Waals surface area contributed by atoms with E-state index in [0.29, 0.717) is 17.5 Å². The largest absolute Gasteiger partial charge is 0.491 e. The van der Waals surface area contributed by atoms with Crippen LogP contribution in [0.15, 0.2) is 24.3 Å². The van der Waals surface area contributed by atoms with E-state index in [1.54, 1.807) is 0 Å². The molecule has 1 atom stereocenters. The predicted octanol–water partition coefficient (Wildman–Crippen LogP) is 2.71. The average molecular weight is 425 g/mol. The molecule has 1 N–H and O–H groups in total. The van der Waals surface area contributed by atoms with Crippen LogP contribution < -0.4 is 10.1 Å². The summed E-state index contributed by atoms with van der Waals surface area (Å²) in [4.78, 5) is 16.9. The standard InChI is InChI=1S/C18H26ClN3O2.2ClH/c19-16-5-1-2-6-17(16)24-13-12-21-8-10-22(11-9-21)18(23)15-4-3-7-20-14-15;;/h1-2,5-6,15,20H,3-4,7-14H2;2*1H. The van der Waals surface area contributed by atoms with Crippen LogP contribution in [0.25, 0.3) is 0 Å². The summed E-state index contributed by atoms with van der Waals surface area (Å²) in [5.41, 5.74) is 0. The highest BCUT2D eigenvalue weighted by Gasteiger charge is 2.28. The number of ether oxygens (including phenoxy) is 1. The van der Waals surface area contributed by atoms with Gasteiger partial charge in [0.2, 0.25) is 5.91 Å². The quantitative estimate of drug-likeness (QED) is 0.789. The van der Waals surface area contributed by atoms with E-state index in [1.807, 2.05) is 29.2 Å². The molecule has 0 saturated carbocycles. The Morgan fingerprint density at radius 1 is 1.19 bits per heavy atom. The molecule has 1 amide bonds. The van der Waals surface area contributed by atoms with Crippen LogP contribution in [0.1, 0.15) is 12.8 Å². The van der Waals surface area contributed by atoms with Gasteiger partial charge in [0.1, 0.15) is 12.4 Å². The summed E-state index contributed by atoms with van der Waals surface area (Å²) in [5, 5.41) is 3.97. The van der Waals surface area contributed by atoms with Crippen molar-refractivity contribution in [3.05, 3.63) is 29.3 Å². The minimum absolute atomic E-state index is 0. The number of hydrogen-bond donors (Lipinski definition) is 1. The first-order chi connectivity index (χ1) is 11.7. The lowest BCUT2D eigenvalue weighted by atomic mass is 9.98. The molecule has 2 fully saturated rings. The van der Waals surface area contributed by atoms with Crippen LogP contribution in [-0.4, -0.2) is 68.1 Å². The van der Waals surface area contributed by atoms with E-state index >= 15 is 0 Å². The molecule has 2 heterocycles. The van der Waals surface area contributed by atoms with Crippen LogP contribution in [0.2, 0.25) is 5.02 Å². The number of carbonyl (C=O) groups excluding carboxylic acids is 1. The Bertz CT molecular complexity index is 548. The summed E-state index contributed by atoms with van der Waals surface area (Å²) in [6.07, 6.45) is 2.13. The van der Waals surface area contributed by atoms with Crippen molar-refractivity contribution in [3.63, 3.8) is 0 Å². The van der Waals surface area contributed by atoms with Crippen molar-refractivity contribution in [1.82, 2.24) is 15.1 Å². The fourth-order valence-corrected chi connectivity index (χ4v) is 3.55. The smallest absolute Gasteiger partial charge is 0.227 e. The number of amides is 1. The van der Waals surface area contributed by atoms with Crippen molar-refractivity contribution in [2.75, 3.05) is 52.4 Å². The van der Waals surface area contributed by atoms with Gasteiger partial charge in [-0.05, 0) is 31.5 Å². The maximum Gasteiger partial charge on any atom is 0.227 e. The van der Waals surface area contributed by atoms with E-state index in [2.05, 4.69) is 10.2 Å². The van der Waals surface area contributed by atoms with E-state index in [9.17, 15) is 4.79 Å². The molecule has 1 unspecified atom stereocenters. The molecule has 1 aromatic rings. The normalized spacial score (nSPS) is 20.7. The second-order valence-corrected chi connectivity index (χ2v) is 6.90. The lowest BCUT2D eigenvalue weighted by Crippen LogP contribution is -2.52. The van der Waals surface area contributed by atoms with E-state index in [4.69, 9.17) is 16.3 Å². The Kier molecular flexibility index (Phi) is 10.7. The van der Waals surface area contributed by atoms with Gasteiger partial charge < -0.3 is 15.0 Å². The number of hydrogen-bond acceptors (Lipinski definition) is 4. The van der Waals surface area contributed by atoms with Gasteiger partial charge in [0.25, 0.3) is 0 Å². The molecule has 1 aromatic carbocycles. The zero-order valence-electron chi connectivity index (χ0n) is 14.9. The predicted molar refractivity (Wildman–Crippen MR) is 110 cm³/mol. The third kappa shape index (κ3) is 6.46. The van der Waals surface area contributed by atoms with Crippen molar-refractivity contribution < 1.29 is 9.53 Å². The molecule has 26 heavy (non-hydrogen) atoms. The molecule has 5 nitrogen and oxygen atoms in total. The number of benzene rings is 1. The van der Waals surface area contributed by atoms with E-state index in [1.165, 1.54) is 0 Å². The SMILES string of the molecule is Cl.Cl.O=C(C1CCCNC1)N1CCN(CCOc2ccccc2Cl)CC1. The summed E-state index contributed by atoms with van der Waals surface area (Å²) < 4.78 is 5.75. The molecular weight excluding hydrogens is 397 g/mol. The van der Waals surface area contributed by atoms with Gasteiger partial charge in [-0.3, -0.25) is 9.69 Å². The third-order valence-electron chi connectivity index (χ3n) is 4.83. The number of rotatable bonds is 5. The van der Waals surface area contributed by atoms with Gasteiger partial charge in [0.05, 0.1) is 10.9 Å². The zero-order chi connectivity index (χ0) is 16.8. The highest BCUT2D eigenvalue weighted by atomic mass is 35.5. The van der Waals surface area contributed by atoms with Crippen LogP contribution in [0, 0.1) is 5.92 Å². The fourth-order valence-electron chi connectivity index (χ4n) is 3.36. The second-order valence-electron chi connectivity index (χ2n) is 6.49. The highest BCUT2D eigenvalue weighted by Crippen LogP contribution is 2.23. The van der Waals surface area contributed by atoms with Crippen LogP contribution in [0.5, 0.6) is 5.75 Å². The Balaban J connectivity index is 0.00000169. The van der Waals surface area contributed by atoms with E-state index in [-0.39, 0.29) is 30.7 Å². The molecule has 2 aliphatic rings. The minimum atomic E-state index is 0. The Morgan fingerprint density at radius 3 is 2.58 bits per heavy atom. The number of para-hydroxylation sites is 1. The summed E-state index contributed by atoms with van der Waals surface area (Å²) in [7, 11) is 0. The van der Waals surface area contributed by atoms with Crippen molar-refractivity contribution in [2.45, 2.75) is 12.8 Å². The molecule has 0 spiro atoms. The molecular formula is C18H28Cl3N3O2. The van der Waals surface area contributed by atoms with Gasteiger partial charge >= 0.3 is 0 Å². The maximum absolute atomic E-state index is 12.5. The lowest BCUT2D eigenvalue weighted by molar-refractivity contribution is -0.137. The maximum atomic E-state index is 12.5. The summed E-state index contributed by atoms with van der Waals surface area (Å²) in [6, 6.07) is 7.54. The first-order valence-electron chi connectivity index (χ1n) is 8.83. The van der Waals surface area contributed by atoms with E-state index in [0.717, 1.165) is 64.4 Å².